The summed E-state index contributed by atoms with van der Waals surface area (Å²) in [6.45, 7) is 4.20. The first-order valence-electron chi connectivity index (χ1n) is 38.4. The van der Waals surface area contributed by atoms with E-state index >= 15 is 87.8 Å². The van der Waals surface area contributed by atoms with E-state index in [1.54, 1.807) is 72.8 Å². The second kappa shape index (κ2) is 31.0. The van der Waals surface area contributed by atoms with Crippen molar-refractivity contribution in [3.8, 4) is 44.5 Å². The molecular formula is C88H60F20N6O10. The second-order valence-corrected chi connectivity index (χ2v) is 31.5. The van der Waals surface area contributed by atoms with Crippen LogP contribution in [0.15, 0.2) is 146 Å². The molecule has 19 rings (SSSR count). The quantitative estimate of drug-likeness (QED) is 0.0535. The Morgan fingerprint density at radius 2 is 0.548 bits per heavy atom. The van der Waals surface area contributed by atoms with Crippen molar-refractivity contribution >= 4 is 22.1 Å². The Hall–Kier alpha value is -11.0. The molecule has 6 saturated heterocycles. The van der Waals surface area contributed by atoms with E-state index in [0.717, 1.165) is 10.1 Å². The third-order valence-electron chi connectivity index (χ3n) is 23.2. The maximum atomic E-state index is 18.1. The Kier molecular flexibility index (Phi) is 20.6. The van der Waals surface area contributed by atoms with Crippen molar-refractivity contribution in [1.29, 1.82) is 0 Å². The van der Waals surface area contributed by atoms with E-state index in [4.69, 9.17) is 57.5 Å². The van der Waals surface area contributed by atoms with Crippen molar-refractivity contribution in [1.82, 2.24) is 30.1 Å². The number of hydrogen-bond donors (Lipinski definition) is 2. The number of nitrogens with one attached hydrogen (secondary N) is 2. The minimum Gasteiger partial charge on any atom is -0.368 e. The fraction of sp³-hybridized carbons (Fsp3) is 0.273. The van der Waals surface area contributed by atoms with Gasteiger partial charge in [0.2, 0.25) is 23.3 Å². The molecule has 2 N–H and O–H groups in total. The number of ether oxygens (including phenoxy) is 8. The lowest BCUT2D eigenvalue weighted by molar-refractivity contribution is -0.243. The Labute approximate surface area is 687 Å². The van der Waals surface area contributed by atoms with Crippen LogP contribution in [-0.4, -0.2) is 103 Å². The molecule has 0 aliphatic carbocycles. The van der Waals surface area contributed by atoms with Crippen molar-refractivity contribution in [2.75, 3.05) is 0 Å². The third kappa shape index (κ3) is 13.4. The van der Waals surface area contributed by atoms with Crippen LogP contribution in [0, 0.1) is 116 Å². The summed E-state index contributed by atoms with van der Waals surface area (Å²) in [4.78, 5) is 28.6. The van der Waals surface area contributed by atoms with Crippen LogP contribution in [0.3, 0.4) is 0 Å². The first kappa shape index (κ1) is 82.6. The zero-order valence-corrected chi connectivity index (χ0v) is 64.2. The molecule has 6 fully saturated rings. The standard InChI is InChI=1S/C88H60F20N6O10/c1-87(2)119-83-81(115-31-35-21-13-7-14-22-35)79(117-85(83)121-87)75-49-71-41(45-51(89)59(97)67(105)60(98)52(45)90)37-25-27-40(109-37)44(48-57(95)65(103)70(108)66(104)58(48)96)74-78-50(76(114(124-78)30-34-19-11-6-12-20-34)80-82(116-32-36-23-15-8-16-24-36)84-86(118-80)122-88(3,4)120-84)72(112-74)42(46-53(91)61(99)68(106)62(100)54(46)92)38-26-28-39(110-38)43(47-55(93)63(101)69(107)64(102)56(47)94)73(111-71)77(49)123-113(75)29-33-17-9-5-10-18-33/h5-28,49-50,75-86,109-110H,29-32H2,1-4H3/t49-,50-,75+,76+,77+,78+,79-,80-,81+,82+,83-,84-,85-,86-/m1/s1. The van der Waals surface area contributed by atoms with Gasteiger partial charge in [0.05, 0.1) is 82.2 Å². The Morgan fingerprint density at radius 1 is 0.298 bits per heavy atom. The van der Waals surface area contributed by atoms with Gasteiger partial charge < -0.3 is 47.9 Å². The Bertz CT molecular complexity index is 5870. The van der Waals surface area contributed by atoms with E-state index in [-0.39, 0.29) is 24.3 Å². The maximum absolute atomic E-state index is 18.1. The van der Waals surface area contributed by atoms with Gasteiger partial charge in [0.25, 0.3) is 0 Å². The summed E-state index contributed by atoms with van der Waals surface area (Å²) in [5.74, 6) is -62.3. The van der Waals surface area contributed by atoms with Crippen LogP contribution in [0.4, 0.5) is 87.8 Å². The van der Waals surface area contributed by atoms with Crippen LogP contribution >= 0.6 is 0 Å². The van der Waals surface area contributed by atoms with E-state index in [9.17, 15) is 0 Å². The number of hydrogen-bond acceptors (Lipinski definition) is 14. The van der Waals surface area contributed by atoms with E-state index in [0.29, 0.717) is 35.4 Å². The second-order valence-electron chi connectivity index (χ2n) is 31.5. The van der Waals surface area contributed by atoms with Crippen LogP contribution in [0.25, 0.3) is 66.6 Å². The third-order valence-corrected chi connectivity index (χ3v) is 23.2. The SMILES string of the molecule is CC1(C)O[C@H]2O[C@H]([C@@H]3[C@H]4c5nc(c(-c6c(F)c(F)c(F)c(F)c6F)c6ccc([nH]6)c(-c6c(F)c(F)c(F)c(F)c6F)c6nc(c(-c7c(F)c(F)c(F)c(F)c7F)c7ccc([nH]7)c5-c5c(F)c(F)c(F)c(F)c5F)[C@H]5ON(Cc7ccccc7)[C@H]([C@H]7O[C@@H]8OC(C)(C)O[C@@H]8[C@H]7OCc7ccccc7)[C@@H]65)[C@H]4ON3Cc3ccccc3)[C@H](OCc3ccccc3)[C@H]2O1. The topological polar surface area (TPSA) is 156 Å². The summed E-state index contributed by atoms with van der Waals surface area (Å²) in [6, 6.07) is 30.7. The average molecular weight is 1740 g/mol. The Balaban J connectivity index is 1.00. The van der Waals surface area contributed by atoms with E-state index < -0.39 is 316 Å². The molecule has 124 heavy (non-hydrogen) atoms. The predicted molar refractivity (Wildman–Crippen MR) is 394 cm³/mol. The van der Waals surface area contributed by atoms with Crippen LogP contribution in [-0.2, 0) is 73.9 Å². The lowest BCUT2D eigenvalue weighted by Gasteiger charge is -2.35. The van der Waals surface area contributed by atoms with Gasteiger partial charge >= 0.3 is 0 Å². The number of halogens is 20. The summed E-state index contributed by atoms with van der Waals surface area (Å²) in [5, 5.41) is 2.12. The molecule has 8 aromatic carbocycles. The van der Waals surface area contributed by atoms with Crippen LogP contribution in [0.2, 0.25) is 0 Å². The number of aromatic nitrogens is 4. The molecule has 14 atom stereocenters. The largest absolute Gasteiger partial charge is 0.368 e. The van der Waals surface area contributed by atoms with Gasteiger partial charge in [0.15, 0.2) is 117 Å². The highest BCUT2D eigenvalue weighted by Crippen LogP contribution is 2.61. The van der Waals surface area contributed by atoms with Gasteiger partial charge in [-0.05, 0) is 74.2 Å². The molecule has 0 spiro atoms. The molecule has 0 radical (unpaired) electrons. The number of benzene rings is 8. The lowest BCUT2D eigenvalue weighted by atomic mass is 9.82. The molecule has 11 aromatic rings. The number of nitrogens with zero attached hydrogens (tertiary/aromatic N) is 4. The lowest BCUT2D eigenvalue weighted by Crippen LogP contribution is -2.49. The minimum absolute atomic E-state index is 0.274. The van der Waals surface area contributed by atoms with Crippen molar-refractivity contribution in [3.05, 3.63) is 307 Å². The van der Waals surface area contributed by atoms with Crippen molar-refractivity contribution < 1.29 is 135 Å². The summed E-state index contributed by atoms with van der Waals surface area (Å²) >= 11 is 0. The van der Waals surface area contributed by atoms with Crippen molar-refractivity contribution in [2.45, 2.75) is 151 Å². The fourth-order valence-electron chi connectivity index (χ4n) is 18.0. The smallest absolute Gasteiger partial charge is 0.200 e. The summed E-state index contributed by atoms with van der Waals surface area (Å²) in [5.41, 5.74) is -21.3. The molecule has 0 amide bonds. The molecule has 3 aromatic heterocycles. The molecule has 8 aliphatic rings. The van der Waals surface area contributed by atoms with Gasteiger partial charge in [-0.15, -0.1) is 0 Å². The van der Waals surface area contributed by atoms with E-state index in [2.05, 4.69) is 9.97 Å². The average Bonchev–Trinajstić information content (AvgIpc) is 1.45. The highest BCUT2D eigenvalue weighted by Gasteiger charge is 2.66. The molecule has 8 bridgehead atoms. The first-order chi connectivity index (χ1) is 59.3. The predicted octanol–water partition coefficient (Wildman–Crippen LogP) is 20.0. The van der Waals surface area contributed by atoms with Crippen LogP contribution in [0.1, 0.15) is 96.8 Å². The van der Waals surface area contributed by atoms with Crippen LogP contribution < -0.4 is 0 Å². The molecule has 0 unspecified atom stereocenters. The summed E-state index contributed by atoms with van der Waals surface area (Å²) in [7, 11) is 0. The van der Waals surface area contributed by atoms with Gasteiger partial charge in [-0.25, -0.2) is 87.8 Å². The molecule has 36 heteroatoms. The molecule has 11 heterocycles. The highest BCUT2D eigenvalue weighted by atomic mass is 19.2. The Morgan fingerprint density at radius 3 is 0.823 bits per heavy atom. The van der Waals surface area contributed by atoms with Crippen molar-refractivity contribution in [3.63, 3.8) is 0 Å². The number of aromatic amines is 2. The highest BCUT2D eigenvalue weighted by molar-refractivity contribution is 5.94. The van der Waals surface area contributed by atoms with Gasteiger partial charge in [-0.3, -0.25) is 19.6 Å². The monoisotopic (exact) mass is 1740 g/mol. The van der Waals surface area contributed by atoms with E-state index in [1.807, 2.05) is 0 Å². The number of fused-ring (bicyclic) bond motifs is 16. The van der Waals surface area contributed by atoms with Crippen molar-refractivity contribution in [2.24, 2.45) is 0 Å². The summed E-state index contributed by atoms with van der Waals surface area (Å²) in [6.07, 6.45) is -17.1. The number of H-pyrrole nitrogens is 2. The summed E-state index contributed by atoms with van der Waals surface area (Å²) < 4.78 is 395. The van der Waals surface area contributed by atoms with Gasteiger partial charge in [-0.1, -0.05) is 121 Å². The van der Waals surface area contributed by atoms with Crippen LogP contribution in [0.5, 0.6) is 0 Å². The zero-order valence-electron chi connectivity index (χ0n) is 64.2. The van der Waals surface area contributed by atoms with Gasteiger partial charge in [0.1, 0.15) is 48.8 Å². The maximum Gasteiger partial charge on any atom is 0.200 e. The molecule has 8 aliphatic heterocycles. The first-order valence-corrected chi connectivity index (χ1v) is 38.4. The molecule has 0 saturated carbocycles. The van der Waals surface area contributed by atoms with Gasteiger partial charge in [0, 0.05) is 57.4 Å². The minimum atomic E-state index is -2.81. The molecule has 16 nitrogen and oxygen atoms in total. The normalized spacial score (nSPS) is 24.9. The van der Waals surface area contributed by atoms with E-state index in [1.165, 1.54) is 76.2 Å². The zero-order chi connectivity index (χ0) is 87.0. The van der Waals surface area contributed by atoms with Gasteiger partial charge in [-0.2, -0.15) is 10.1 Å². The fourth-order valence-corrected chi connectivity index (χ4v) is 18.0. The number of rotatable bonds is 16. The number of hydroxylamine groups is 4. The molecular weight excluding hydrogens is 1680 g/mol. The molecule has 642 valence electrons.